The summed E-state index contributed by atoms with van der Waals surface area (Å²) in [6, 6.07) is 20.7. The summed E-state index contributed by atoms with van der Waals surface area (Å²) in [6.45, 7) is 4.95. The molecular weight excluding hydrogens is 545 g/mol. The molecule has 0 aliphatic carbocycles. The van der Waals surface area contributed by atoms with Crippen molar-refractivity contribution in [2.45, 2.75) is 44.2 Å². The summed E-state index contributed by atoms with van der Waals surface area (Å²) in [4.78, 5) is 28.1. The Hall–Kier alpha value is -3.07. The summed E-state index contributed by atoms with van der Waals surface area (Å²) in [7, 11) is -4.18. The maximum absolute atomic E-state index is 13.8. The van der Waals surface area contributed by atoms with Crippen LogP contribution in [0.5, 0.6) is 0 Å². The van der Waals surface area contributed by atoms with Crippen LogP contribution in [0.3, 0.4) is 0 Å². The molecule has 2 amide bonds. The number of carbonyl (C=O) groups is 2. The average Bonchev–Trinajstić information content (AvgIpc) is 2.87. The van der Waals surface area contributed by atoms with Gasteiger partial charge in [0.1, 0.15) is 12.6 Å². The number of hydrogen-bond donors (Lipinski definition) is 1. The van der Waals surface area contributed by atoms with Crippen molar-refractivity contribution in [1.29, 1.82) is 0 Å². The normalized spacial score (nSPS) is 12.2. The number of rotatable bonds is 11. The minimum absolute atomic E-state index is 0.00494. The molecule has 0 saturated heterocycles. The van der Waals surface area contributed by atoms with Crippen molar-refractivity contribution in [3.63, 3.8) is 0 Å². The first-order valence-electron chi connectivity index (χ1n) is 12.2. The fourth-order valence-electron chi connectivity index (χ4n) is 3.91. The van der Waals surface area contributed by atoms with Gasteiger partial charge in [-0.3, -0.25) is 13.9 Å². The smallest absolute Gasteiger partial charge is 0.264 e. The van der Waals surface area contributed by atoms with Gasteiger partial charge in [0.25, 0.3) is 10.0 Å². The Balaban J connectivity index is 2.00. The van der Waals surface area contributed by atoms with E-state index in [0.717, 1.165) is 9.87 Å². The van der Waals surface area contributed by atoms with Gasteiger partial charge >= 0.3 is 0 Å². The number of benzene rings is 3. The molecule has 0 aromatic heterocycles. The van der Waals surface area contributed by atoms with Gasteiger partial charge in [-0.1, -0.05) is 71.7 Å². The number of carbonyl (C=O) groups excluding carboxylic acids is 2. The lowest BCUT2D eigenvalue weighted by atomic mass is 10.1. The second-order valence-electron chi connectivity index (χ2n) is 9.11. The van der Waals surface area contributed by atoms with E-state index in [0.29, 0.717) is 6.42 Å². The summed E-state index contributed by atoms with van der Waals surface area (Å²) in [5.41, 5.74) is 1.12. The Bertz CT molecular complexity index is 1330. The molecule has 0 radical (unpaired) electrons. The lowest BCUT2D eigenvalue weighted by molar-refractivity contribution is -0.139. The largest absolute Gasteiger partial charge is 0.352 e. The molecule has 0 unspecified atom stereocenters. The molecule has 202 valence electrons. The summed E-state index contributed by atoms with van der Waals surface area (Å²) < 4.78 is 28.4. The van der Waals surface area contributed by atoms with Crippen LogP contribution in [0.25, 0.3) is 0 Å². The number of nitrogens with zero attached hydrogens (tertiary/aromatic N) is 2. The van der Waals surface area contributed by atoms with Crippen LogP contribution in [0.2, 0.25) is 10.0 Å². The highest BCUT2D eigenvalue weighted by molar-refractivity contribution is 7.92. The highest BCUT2D eigenvalue weighted by atomic mass is 35.5. The molecule has 3 aromatic rings. The van der Waals surface area contributed by atoms with Gasteiger partial charge in [0.05, 0.1) is 10.6 Å². The molecule has 0 spiro atoms. The lowest BCUT2D eigenvalue weighted by Gasteiger charge is -2.32. The molecule has 0 fully saturated rings. The highest BCUT2D eigenvalue weighted by Gasteiger charge is 2.32. The molecule has 0 bridgehead atoms. The van der Waals surface area contributed by atoms with Gasteiger partial charge in [-0.25, -0.2) is 8.42 Å². The van der Waals surface area contributed by atoms with Crippen LogP contribution in [0.1, 0.15) is 26.3 Å². The molecule has 3 aromatic carbocycles. The molecular formula is C28H31Cl2N3O4S. The minimum Gasteiger partial charge on any atom is -0.352 e. The van der Waals surface area contributed by atoms with Gasteiger partial charge in [0, 0.05) is 22.6 Å². The van der Waals surface area contributed by atoms with E-state index in [1.165, 1.54) is 35.2 Å². The minimum atomic E-state index is -4.18. The number of sulfonamides is 1. The molecule has 1 N–H and O–H groups in total. The number of hydrogen-bond acceptors (Lipinski definition) is 4. The van der Waals surface area contributed by atoms with Crippen molar-refractivity contribution in [3.8, 4) is 0 Å². The van der Waals surface area contributed by atoms with Crippen LogP contribution in [-0.4, -0.2) is 50.3 Å². The lowest BCUT2D eigenvalue weighted by Crippen LogP contribution is -2.53. The van der Waals surface area contributed by atoms with Crippen molar-refractivity contribution >= 4 is 50.7 Å². The Labute approximate surface area is 234 Å². The Morgan fingerprint density at radius 3 is 1.97 bits per heavy atom. The molecule has 0 aliphatic heterocycles. The summed E-state index contributed by atoms with van der Waals surface area (Å²) in [6.07, 6.45) is 0.486. The summed E-state index contributed by atoms with van der Waals surface area (Å²) in [5, 5.41) is 3.27. The van der Waals surface area contributed by atoms with Gasteiger partial charge < -0.3 is 10.2 Å². The van der Waals surface area contributed by atoms with Crippen molar-refractivity contribution < 1.29 is 18.0 Å². The van der Waals surface area contributed by atoms with Crippen LogP contribution >= 0.6 is 23.2 Å². The third kappa shape index (κ3) is 7.72. The quantitative estimate of drug-likeness (QED) is 0.341. The third-order valence-corrected chi connectivity index (χ3v) is 8.05. The maximum Gasteiger partial charge on any atom is 0.264 e. The number of anilines is 1. The van der Waals surface area contributed by atoms with Gasteiger partial charge in [-0.05, 0) is 63.1 Å². The van der Waals surface area contributed by atoms with Crippen LogP contribution in [-0.2, 0) is 26.0 Å². The summed E-state index contributed by atoms with van der Waals surface area (Å²) >= 11 is 12.4. The molecule has 0 saturated carbocycles. The molecule has 1 atom stereocenters. The van der Waals surface area contributed by atoms with Crippen molar-refractivity contribution in [2.24, 2.45) is 0 Å². The molecule has 0 heterocycles. The standard InChI is InChI=1S/C28H31Cl2N3O4S/c1-20(2)31-28(35)21(3)32(15-14-22-10-6-4-7-11-22)27(34)19-33(25-17-23(29)16-24(30)18-25)38(36,37)26-12-8-5-9-13-26/h4-13,16-18,20-21H,14-15,19H2,1-3H3,(H,31,35)/t21-/m1/s1. The Kier molecular flexibility index (Phi) is 10.2. The molecule has 7 nitrogen and oxygen atoms in total. The van der Waals surface area contributed by atoms with E-state index in [2.05, 4.69) is 5.32 Å². The Morgan fingerprint density at radius 2 is 1.42 bits per heavy atom. The second-order valence-corrected chi connectivity index (χ2v) is 11.8. The SMILES string of the molecule is CC(C)NC(=O)[C@@H](C)N(CCc1ccccc1)C(=O)CN(c1cc(Cl)cc(Cl)c1)S(=O)(=O)c1ccccc1. The fourth-order valence-corrected chi connectivity index (χ4v) is 5.84. The van der Waals surface area contributed by atoms with E-state index in [1.54, 1.807) is 25.1 Å². The second kappa shape index (κ2) is 13.1. The molecule has 10 heteroatoms. The van der Waals surface area contributed by atoms with Crippen LogP contribution in [0, 0.1) is 0 Å². The molecule has 0 aliphatic rings. The van der Waals surface area contributed by atoms with Crippen LogP contribution < -0.4 is 9.62 Å². The number of nitrogens with one attached hydrogen (secondary N) is 1. The van der Waals surface area contributed by atoms with E-state index in [1.807, 2.05) is 44.2 Å². The maximum atomic E-state index is 13.8. The first kappa shape index (κ1) is 29.5. The predicted octanol–water partition coefficient (Wildman–Crippen LogP) is 5.17. The zero-order valence-corrected chi connectivity index (χ0v) is 23.8. The first-order valence-corrected chi connectivity index (χ1v) is 14.4. The average molecular weight is 577 g/mol. The van der Waals surface area contributed by atoms with Gasteiger partial charge in [-0.2, -0.15) is 0 Å². The van der Waals surface area contributed by atoms with E-state index in [-0.39, 0.29) is 39.1 Å². The highest BCUT2D eigenvalue weighted by Crippen LogP contribution is 2.30. The first-order chi connectivity index (χ1) is 18.0. The predicted molar refractivity (Wildman–Crippen MR) is 152 cm³/mol. The zero-order valence-electron chi connectivity index (χ0n) is 21.5. The summed E-state index contributed by atoms with van der Waals surface area (Å²) in [5.74, 6) is -0.868. The van der Waals surface area contributed by atoms with Gasteiger partial charge in [0.2, 0.25) is 11.8 Å². The van der Waals surface area contributed by atoms with E-state index in [9.17, 15) is 18.0 Å². The Morgan fingerprint density at radius 1 is 0.868 bits per heavy atom. The number of amides is 2. The van der Waals surface area contributed by atoms with Crippen LogP contribution in [0.15, 0.2) is 83.8 Å². The van der Waals surface area contributed by atoms with Gasteiger partial charge in [-0.15, -0.1) is 0 Å². The zero-order chi connectivity index (χ0) is 27.9. The number of halogens is 2. The van der Waals surface area contributed by atoms with Crippen molar-refractivity contribution in [3.05, 3.63) is 94.5 Å². The third-order valence-electron chi connectivity index (χ3n) is 5.83. The van der Waals surface area contributed by atoms with Crippen LogP contribution in [0.4, 0.5) is 5.69 Å². The topological polar surface area (TPSA) is 86.8 Å². The van der Waals surface area contributed by atoms with E-state index in [4.69, 9.17) is 23.2 Å². The van der Waals surface area contributed by atoms with E-state index < -0.39 is 28.5 Å². The molecule has 38 heavy (non-hydrogen) atoms. The van der Waals surface area contributed by atoms with E-state index >= 15 is 0 Å². The molecule has 3 rings (SSSR count). The van der Waals surface area contributed by atoms with Crippen molar-refractivity contribution in [2.75, 3.05) is 17.4 Å². The fraction of sp³-hybridized carbons (Fsp3) is 0.286. The van der Waals surface area contributed by atoms with Crippen molar-refractivity contribution in [1.82, 2.24) is 10.2 Å². The monoisotopic (exact) mass is 575 g/mol. The van der Waals surface area contributed by atoms with Gasteiger partial charge in [0.15, 0.2) is 0 Å².